The summed E-state index contributed by atoms with van der Waals surface area (Å²) in [7, 11) is 0. The molecular formula is C21H25N3O. The van der Waals surface area contributed by atoms with Gasteiger partial charge in [0.15, 0.2) is 0 Å². The van der Waals surface area contributed by atoms with E-state index in [0.717, 1.165) is 29.3 Å². The quantitative estimate of drug-likeness (QED) is 0.878. The van der Waals surface area contributed by atoms with Gasteiger partial charge in [0.1, 0.15) is 11.6 Å². The molecule has 0 saturated carbocycles. The van der Waals surface area contributed by atoms with E-state index in [4.69, 9.17) is 0 Å². The zero-order valence-electron chi connectivity index (χ0n) is 15.2. The van der Waals surface area contributed by atoms with Crippen LogP contribution in [0.15, 0.2) is 41.4 Å². The average Bonchev–Trinajstić information content (AvgIpc) is 2.99. The van der Waals surface area contributed by atoms with E-state index in [-0.39, 0.29) is 11.7 Å². The van der Waals surface area contributed by atoms with Gasteiger partial charge in [-0.1, -0.05) is 37.3 Å². The van der Waals surface area contributed by atoms with Crippen LogP contribution in [0.4, 0.5) is 0 Å². The summed E-state index contributed by atoms with van der Waals surface area (Å²) in [5.74, 6) is 1.39. The lowest BCUT2D eigenvalue weighted by Gasteiger charge is -2.12. The van der Waals surface area contributed by atoms with Crippen molar-refractivity contribution in [2.75, 3.05) is 6.54 Å². The largest absolute Gasteiger partial charge is 0.370 e. The van der Waals surface area contributed by atoms with Crippen molar-refractivity contribution in [1.29, 1.82) is 0 Å². The number of benzene rings is 1. The van der Waals surface area contributed by atoms with E-state index in [1.54, 1.807) is 0 Å². The van der Waals surface area contributed by atoms with Crippen molar-refractivity contribution in [2.24, 2.45) is 4.99 Å². The fraction of sp³-hybridized carbons (Fsp3) is 0.381. The minimum Gasteiger partial charge on any atom is -0.370 e. The van der Waals surface area contributed by atoms with E-state index >= 15 is 0 Å². The van der Waals surface area contributed by atoms with Gasteiger partial charge in [-0.2, -0.15) is 0 Å². The molecule has 0 spiro atoms. The highest BCUT2D eigenvalue weighted by Crippen LogP contribution is 2.23. The third kappa shape index (κ3) is 3.95. The summed E-state index contributed by atoms with van der Waals surface area (Å²) in [6.45, 7) is 7.67. The van der Waals surface area contributed by atoms with Crippen molar-refractivity contribution in [3.05, 3.63) is 64.5 Å². The second-order valence-electron chi connectivity index (χ2n) is 6.66. The van der Waals surface area contributed by atoms with Crippen LogP contribution in [0.5, 0.6) is 0 Å². The van der Waals surface area contributed by atoms with Crippen LogP contribution in [0.3, 0.4) is 0 Å². The molecule has 2 heterocycles. The summed E-state index contributed by atoms with van der Waals surface area (Å²) in [4.78, 5) is 21.7. The fourth-order valence-electron chi connectivity index (χ4n) is 3.42. The van der Waals surface area contributed by atoms with Crippen molar-refractivity contribution in [3.63, 3.8) is 0 Å². The van der Waals surface area contributed by atoms with Gasteiger partial charge in [0, 0.05) is 36.3 Å². The molecular weight excluding hydrogens is 310 g/mol. The van der Waals surface area contributed by atoms with Gasteiger partial charge in [0.05, 0.1) is 6.54 Å². The van der Waals surface area contributed by atoms with Crippen molar-refractivity contribution < 1.29 is 4.79 Å². The SMILES string of the molecule is CCNC1=NCc2cc(CC(=O)C[C@H](C)c3ccccc3)nc(C)c21. The molecule has 0 bridgehead atoms. The molecule has 1 aromatic heterocycles. The van der Waals surface area contributed by atoms with Gasteiger partial charge < -0.3 is 5.32 Å². The van der Waals surface area contributed by atoms with Crippen LogP contribution in [0.2, 0.25) is 0 Å². The number of rotatable bonds is 6. The van der Waals surface area contributed by atoms with Gasteiger partial charge >= 0.3 is 0 Å². The predicted molar refractivity (Wildman–Crippen MR) is 101 cm³/mol. The smallest absolute Gasteiger partial charge is 0.139 e. The van der Waals surface area contributed by atoms with Crippen molar-refractivity contribution in [1.82, 2.24) is 10.3 Å². The molecule has 1 aliphatic rings. The molecule has 1 atom stereocenters. The summed E-state index contributed by atoms with van der Waals surface area (Å²) < 4.78 is 0. The molecule has 0 aliphatic carbocycles. The molecule has 0 radical (unpaired) electrons. The number of nitrogens with zero attached hydrogens (tertiary/aromatic N) is 2. The zero-order valence-corrected chi connectivity index (χ0v) is 15.2. The Morgan fingerprint density at radius 2 is 2.04 bits per heavy atom. The third-order valence-corrected chi connectivity index (χ3v) is 4.60. The first-order chi connectivity index (χ1) is 12.1. The van der Waals surface area contributed by atoms with E-state index in [2.05, 4.69) is 41.3 Å². The van der Waals surface area contributed by atoms with E-state index < -0.39 is 0 Å². The second-order valence-corrected chi connectivity index (χ2v) is 6.66. The molecule has 0 saturated heterocycles. The normalized spacial score (nSPS) is 14.0. The van der Waals surface area contributed by atoms with Gasteiger partial charge in [-0.3, -0.25) is 14.8 Å². The lowest BCUT2D eigenvalue weighted by atomic mass is 9.94. The van der Waals surface area contributed by atoms with Crippen molar-refractivity contribution in [3.8, 4) is 0 Å². The number of pyridine rings is 1. The van der Waals surface area contributed by atoms with Crippen LogP contribution in [-0.2, 0) is 17.8 Å². The third-order valence-electron chi connectivity index (χ3n) is 4.60. The van der Waals surface area contributed by atoms with E-state index in [0.29, 0.717) is 19.4 Å². The lowest BCUT2D eigenvalue weighted by molar-refractivity contribution is -0.118. The standard InChI is InChI=1S/C21H25N3O/c1-4-22-21-20-15(3)24-18(11-17(20)13-23-21)12-19(25)10-14(2)16-8-6-5-7-9-16/h5-9,11,14H,4,10,12-13H2,1-3H3,(H,22,23)/t14-/m0/s1. The Balaban J connectivity index is 1.68. The molecule has 25 heavy (non-hydrogen) atoms. The van der Waals surface area contributed by atoms with Gasteiger partial charge in [0.2, 0.25) is 0 Å². The molecule has 0 amide bonds. The molecule has 1 aliphatic heterocycles. The topological polar surface area (TPSA) is 54.4 Å². The molecule has 1 N–H and O–H groups in total. The zero-order chi connectivity index (χ0) is 17.8. The number of aliphatic imine (C=N–C) groups is 1. The first kappa shape index (κ1) is 17.3. The Hall–Kier alpha value is -2.49. The summed E-state index contributed by atoms with van der Waals surface area (Å²) in [6.07, 6.45) is 0.933. The molecule has 1 aromatic carbocycles. The molecule has 4 nitrogen and oxygen atoms in total. The monoisotopic (exact) mass is 335 g/mol. The Kier molecular flexibility index (Phi) is 5.27. The van der Waals surface area contributed by atoms with Gasteiger partial charge in [-0.15, -0.1) is 0 Å². The fourth-order valence-corrected chi connectivity index (χ4v) is 3.42. The Morgan fingerprint density at radius 1 is 1.28 bits per heavy atom. The summed E-state index contributed by atoms with van der Waals surface area (Å²) >= 11 is 0. The predicted octanol–water partition coefficient (Wildman–Crippen LogP) is 3.57. The number of Topliss-reactive ketones (excluding diaryl/α,β-unsaturated/α-hetero) is 1. The Morgan fingerprint density at radius 3 is 2.76 bits per heavy atom. The Labute approximate surface area is 149 Å². The lowest BCUT2D eigenvalue weighted by Crippen LogP contribution is -2.24. The van der Waals surface area contributed by atoms with E-state index in [1.165, 1.54) is 11.1 Å². The van der Waals surface area contributed by atoms with Crippen LogP contribution in [-0.4, -0.2) is 23.1 Å². The van der Waals surface area contributed by atoms with Gasteiger partial charge in [-0.25, -0.2) is 0 Å². The number of nitrogens with one attached hydrogen (secondary N) is 1. The number of fused-ring (bicyclic) bond motifs is 1. The first-order valence-corrected chi connectivity index (χ1v) is 8.93. The molecule has 3 rings (SSSR count). The second kappa shape index (κ2) is 7.60. The molecule has 130 valence electrons. The molecule has 0 fully saturated rings. The summed E-state index contributed by atoms with van der Waals surface area (Å²) in [6, 6.07) is 12.2. The van der Waals surface area contributed by atoms with Crippen LogP contribution in [0.1, 0.15) is 54.3 Å². The van der Waals surface area contributed by atoms with Crippen molar-refractivity contribution >= 4 is 11.6 Å². The number of carbonyl (C=O) groups is 1. The Bertz CT molecular complexity index is 796. The number of hydrogen-bond acceptors (Lipinski definition) is 4. The number of amidine groups is 1. The van der Waals surface area contributed by atoms with Crippen LogP contribution < -0.4 is 5.32 Å². The van der Waals surface area contributed by atoms with Gasteiger partial charge in [-0.05, 0) is 37.0 Å². The number of hydrogen-bond donors (Lipinski definition) is 1. The van der Waals surface area contributed by atoms with Crippen molar-refractivity contribution in [2.45, 2.75) is 46.1 Å². The van der Waals surface area contributed by atoms with Crippen LogP contribution in [0, 0.1) is 6.92 Å². The van der Waals surface area contributed by atoms with Crippen LogP contribution >= 0.6 is 0 Å². The molecule has 0 unspecified atom stereocenters. The number of ketones is 1. The average molecular weight is 335 g/mol. The van der Waals surface area contributed by atoms with E-state index in [9.17, 15) is 4.79 Å². The number of aryl methyl sites for hydroxylation is 1. The minimum absolute atomic E-state index is 0.230. The molecule has 4 heteroatoms. The maximum absolute atomic E-state index is 12.5. The summed E-state index contributed by atoms with van der Waals surface area (Å²) in [5.41, 5.74) is 5.29. The highest BCUT2D eigenvalue weighted by Gasteiger charge is 2.21. The molecule has 2 aromatic rings. The maximum Gasteiger partial charge on any atom is 0.139 e. The minimum atomic E-state index is 0.230. The maximum atomic E-state index is 12.5. The summed E-state index contributed by atoms with van der Waals surface area (Å²) in [5, 5.41) is 3.29. The van der Waals surface area contributed by atoms with Crippen LogP contribution in [0.25, 0.3) is 0 Å². The highest BCUT2D eigenvalue weighted by molar-refractivity contribution is 6.02. The van der Waals surface area contributed by atoms with Gasteiger partial charge in [0.25, 0.3) is 0 Å². The highest BCUT2D eigenvalue weighted by atomic mass is 16.1. The first-order valence-electron chi connectivity index (χ1n) is 8.93. The number of carbonyl (C=O) groups excluding carboxylic acids is 1. The number of aromatic nitrogens is 1. The van der Waals surface area contributed by atoms with E-state index in [1.807, 2.05) is 31.2 Å².